The molecule has 2 heterocycles. The van der Waals surface area contributed by atoms with Crippen molar-refractivity contribution >= 4 is 17.2 Å². The maximum atomic E-state index is 12.2. The highest BCUT2D eigenvalue weighted by Crippen LogP contribution is 2.33. The van der Waals surface area contributed by atoms with E-state index in [1.807, 2.05) is 0 Å². The number of hydrogen-bond donors (Lipinski definition) is 1. The molecule has 0 bridgehead atoms. The van der Waals surface area contributed by atoms with Gasteiger partial charge in [0.1, 0.15) is 0 Å². The Labute approximate surface area is 137 Å². The van der Waals surface area contributed by atoms with Gasteiger partial charge in [-0.2, -0.15) is 0 Å². The lowest BCUT2D eigenvalue weighted by atomic mass is 9.97. The topological polar surface area (TPSA) is 45.2 Å². The van der Waals surface area contributed by atoms with Crippen LogP contribution in [0, 0.1) is 6.92 Å². The van der Waals surface area contributed by atoms with Gasteiger partial charge in [-0.15, -0.1) is 11.3 Å². The fraction of sp³-hybridized carbons (Fsp3) is 0.765. The first-order chi connectivity index (χ1) is 10.7. The molecule has 1 aliphatic heterocycles. The molecule has 0 radical (unpaired) electrons. The Bertz CT molecular complexity index is 508. The van der Waals surface area contributed by atoms with E-state index < -0.39 is 0 Å². The number of amides is 1. The minimum atomic E-state index is 0.149. The lowest BCUT2D eigenvalue weighted by molar-refractivity contribution is -0.122. The van der Waals surface area contributed by atoms with Gasteiger partial charge in [0.15, 0.2) is 0 Å². The second-order valence-electron chi connectivity index (χ2n) is 6.56. The molecule has 0 spiro atoms. The zero-order valence-corrected chi connectivity index (χ0v) is 14.4. The van der Waals surface area contributed by atoms with Crippen LogP contribution in [0.25, 0.3) is 0 Å². The van der Waals surface area contributed by atoms with Gasteiger partial charge >= 0.3 is 0 Å². The first kappa shape index (κ1) is 15.9. The van der Waals surface area contributed by atoms with Crippen LogP contribution in [-0.2, 0) is 11.2 Å². The normalized spacial score (nSPS) is 22.3. The predicted octanol–water partition coefficient (Wildman–Crippen LogP) is 3.21. The van der Waals surface area contributed by atoms with Crippen molar-refractivity contribution in [3.63, 3.8) is 0 Å². The van der Waals surface area contributed by atoms with Crippen molar-refractivity contribution in [2.75, 3.05) is 19.6 Å². The third kappa shape index (κ3) is 4.07. The number of nitrogens with one attached hydrogen (secondary N) is 1. The highest BCUT2D eigenvalue weighted by Gasteiger charge is 2.25. The average Bonchev–Trinajstić information content (AvgIpc) is 2.90. The smallest absolute Gasteiger partial charge is 0.220 e. The van der Waals surface area contributed by atoms with Gasteiger partial charge in [-0.25, -0.2) is 4.98 Å². The second kappa shape index (κ2) is 7.55. The molecule has 1 aromatic heterocycles. The molecule has 1 N–H and O–H groups in total. The first-order valence-corrected chi connectivity index (χ1v) is 9.52. The van der Waals surface area contributed by atoms with Gasteiger partial charge in [0.2, 0.25) is 5.91 Å². The summed E-state index contributed by atoms with van der Waals surface area (Å²) in [6.07, 6.45) is 8.95. The average molecular weight is 321 g/mol. The van der Waals surface area contributed by atoms with Crippen molar-refractivity contribution in [3.8, 4) is 0 Å². The summed E-state index contributed by atoms with van der Waals surface area (Å²) in [6, 6.07) is 0.149. The molecule has 122 valence electrons. The van der Waals surface area contributed by atoms with Gasteiger partial charge < -0.3 is 10.2 Å². The molecular weight excluding hydrogens is 294 g/mol. The molecule has 1 aromatic rings. The summed E-state index contributed by atoms with van der Waals surface area (Å²) in [6.45, 7) is 5.55. The molecule has 3 rings (SSSR count). The lowest BCUT2D eigenvalue weighted by Gasteiger charge is -2.26. The number of aryl methyl sites for hydroxylation is 2. The molecule has 4 nitrogen and oxygen atoms in total. The minimum absolute atomic E-state index is 0.149. The molecular formula is C17H27N3OS. The summed E-state index contributed by atoms with van der Waals surface area (Å²) in [5.74, 6) is 0.195. The molecule has 2 aliphatic rings. The molecule has 1 saturated heterocycles. The van der Waals surface area contributed by atoms with Crippen LogP contribution in [0.2, 0.25) is 0 Å². The molecule has 1 fully saturated rings. The number of thiazole rings is 1. The Morgan fingerprint density at radius 3 is 2.95 bits per heavy atom. The number of aromatic nitrogens is 1. The Kier molecular flexibility index (Phi) is 5.47. The van der Waals surface area contributed by atoms with Crippen LogP contribution >= 0.6 is 11.3 Å². The molecule has 1 amide bonds. The molecule has 22 heavy (non-hydrogen) atoms. The van der Waals surface area contributed by atoms with Gasteiger partial charge in [0.25, 0.3) is 0 Å². The van der Waals surface area contributed by atoms with Crippen molar-refractivity contribution in [1.82, 2.24) is 15.2 Å². The predicted molar refractivity (Wildman–Crippen MR) is 90.2 cm³/mol. The Balaban J connectivity index is 1.44. The third-order valence-corrected chi connectivity index (χ3v) is 5.77. The number of nitrogens with zero attached hydrogens (tertiary/aromatic N) is 2. The van der Waals surface area contributed by atoms with E-state index in [9.17, 15) is 4.79 Å². The van der Waals surface area contributed by atoms with Gasteiger partial charge in [0.05, 0.1) is 16.7 Å². The van der Waals surface area contributed by atoms with E-state index in [-0.39, 0.29) is 11.9 Å². The third-order valence-electron chi connectivity index (χ3n) is 4.72. The van der Waals surface area contributed by atoms with E-state index in [0.717, 1.165) is 42.9 Å². The lowest BCUT2D eigenvalue weighted by Crippen LogP contribution is -2.33. The zero-order chi connectivity index (χ0) is 15.4. The molecule has 1 atom stereocenters. The monoisotopic (exact) mass is 321 g/mol. The quantitative estimate of drug-likeness (QED) is 0.906. The SMILES string of the molecule is Cc1nc2c(s1)CCC[C@@H]2NC(=O)CCCN1CCCCC1. The van der Waals surface area contributed by atoms with Crippen molar-refractivity contribution < 1.29 is 4.79 Å². The van der Waals surface area contributed by atoms with Gasteiger partial charge in [0, 0.05) is 11.3 Å². The second-order valence-corrected chi connectivity index (χ2v) is 7.85. The van der Waals surface area contributed by atoms with Crippen molar-refractivity contribution in [2.24, 2.45) is 0 Å². The number of piperidine rings is 1. The maximum absolute atomic E-state index is 12.2. The number of fused-ring (bicyclic) bond motifs is 1. The van der Waals surface area contributed by atoms with E-state index in [1.165, 1.54) is 37.2 Å². The van der Waals surface area contributed by atoms with E-state index in [4.69, 9.17) is 0 Å². The van der Waals surface area contributed by atoms with Crippen LogP contribution in [-0.4, -0.2) is 35.4 Å². The van der Waals surface area contributed by atoms with Crippen LogP contribution in [0.4, 0.5) is 0 Å². The molecule has 0 unspecified atom stereocenters. The highest BCUT2D eigenvalue weighted by atomic mass is 32.1. The number of rotatable bonds is 5. The summed E-state index contributed by atoms with van der Waals surface area (Å²) in [5, 5.41) is 4.33. The number of carbonyl (C=O) groups is 1. The molecule has 0 aromatic carbocycles. The van der Waals surface area contributed by atoms with Crippen molar-refractivity contribution in [3.05, 3.63) is 15.6 Å². The minimum Gasteiger partial charge on any atom is -0.348 e. The molecule has 5 heteroatoms. The van der Waals surface area contributed by atoms with Crippen LogP contribution in [0.5, 0.6) is 0 Å². The summed E-state index contributed by atoms with van der Waals surface area (Å²) < 4.78 is 0. The largest absolute Gasteiger partial charge is 0.348 e. The summed E-state index contributed by atoms with van der Waals surface area (Å²) in [4.78, 5) is 20.7. The molecule has 1 aliphatic carbocycles. The Morgan fingerprint density at radius 2 is 2.14 bits per heavy atom. The van der Waals surface area contributed by atoms with E-state index in [2.05, 4.69) is 22.1 Å². The first-order valence-electron chi connectivity index (χ1n) is 8.70. The van der Waals surface area contributed by atoms with Crippen LogP contribution in [0.1, 0.15) is 66.6 Å². The van der Waals surface area contributed by atoms with Gasteiger partial charge in [-0.3, -0.25) is 4.79 Å². The van der Waals surface area contributed by atoms with Crippen molar-refractivity contribution in [1.29, 1.82) is 0 Å². The van der Waals surface area contributed by atoms with E-state index in [0.29, 0.717) is 6.42 Å². The Morgan fingerprint density at radius 1 is 1.32 bits per heavy atom. The fourth-order valence-electron chi connectivity index (χ4n) is 3.59. The van der Waals surface area contributed by atoms with Crippen molar-refractivity contribution in [2.45, 2.75) is 64.3 Å². The maximum Gasteiger partial charge on any atom is 0.220 e. The van der Waals surface area contributed by atoms with Gasteiger partial charge in [-0.05, 0) is 65.1 Å². The van der Waals surface area contributed by atoms with Gasteiger partial charge in [-0.1, -0.05) is 6.42 Å². The fourth-order valence-corrected chi connectivity index (χ4v) is 4.63. The van der Waals surface area contributed by atoms with Crippen LogP contribution in [0.15, 0.2) is 0 Å². The number of hydrogen-bond acceptors (Lipinski definition) is 4. The summed E-state index contributed by atoms with van der Waals surface area (Å²) in [7, 11) is 0. The number of carbonyl (C=O) groups excluding carboxylic acids is 1. The standard InChI is InChI=1S/C17H27N3OS/c1-13-18-17-14(7-5-8-15(17)22-13)19-16(21)9-6-12-20-10-3-2-4-11-20/h14H,2-12H2,1H3,(H,19,21)/t14-/m0/s1. The Hall–Kier alpha value is -0.940. The zero-order valence-electron chi connectivity index (χ0n) is 13.6. The summed E-state index contributed by atoms with van der Waals surface area (Å²) in [5.41, 5.74) is 1.14. The van der Waals surface area contributed by atoms with Crippen LogP contribution in [0.3, 0.4) is 0 Å². The number of likely N-dealkylation sites (tertiary alicyclic amines) is 1. The van der Waals surface area contributed by atoms with E-state index >= 15 is 0 Å². The summed E-state index contributed by atoms with van der Waals surface area (Å²) >= 11 is 1.79. The van der Waals surface area contributed by atoms with E-state index in [1.54, 1.807) is 11.3 Å². The molecule has 0 saturated carbocycles. The van der Waals surface area contributed by atoms with Crippen LogP contribution < -0.4 is 5.32 Å². The highest BCUT2D eigenvalue weighted by molar-refractivity contribution is 7.11.